The highest BCUT2D eigenvalue weighted by Gasteiger charge is 2.19. The molecule has 6 aromatic rings. The zero-order valence-corrected chi connectivity index (χ0v) is 22.0. The number of fused-ring (bicyclic) bond motifs is 2. The molecule has 1 fully saturated rings. The number of nitrogens with one attached hydrogen (secondary N) is 2. The number of halogens is 1. The predicted molar refractivity (Wildman–Crippen MR) is 151 cm³/mol. The van der Waals surface area contributed by atoms with Crippen molar-refractivity contribution in [3.05, 3.63) is 72.4 Å². The molecule has 7 rings (SSSR count). The van der Waals surface area contributed by atoms with Crippen LogP contribution in [0.25, 0.3) is 56.1 Å². The van der Waals surface area contributed by atoms with Gasteiger partial charge in [0.2, 0.25) is 0 Å². The molecular weight excluding hydrogens is 507 g/mol. The molecule has 0 amide bonds. The smallest absolute Gasteiger partial charge is 0.161 e. The Morgan fingerprint density at radius 3 is 2.70 bits per heavy atom. The lowest BCUT2D eigenvalue weighted by atomic mass is 10.1. The van der Waals surface area contributed by atoms with E-state index in [9.17, 15) is 4.39 Å². The molecular formula is C30H27FN8O. The summed E-state index contributed by atoms with van der Waals surface area (Å²) < 4.78 is 20.6. The van der Waals surface area contributed by atoms with Crippen molar-refractivity contribution in [2.75, 3.05) is 26.2 Å². The number of ether oxygens (including phenoxy) is 1. The molecule has 200 valence electrons. The molecule has 1 saturated heterocycles. The van der Waals surface area contributed by atoms with Crippen LogP contribution in [0.3, 0.4) is 0 Å². The second kappa shape index (κ2) is 10.1. The van der Waals surface area contributed by atoms with Gasteiger partial charge in [0.15, 0.2) is 11.5 Å². The fourth-order valence-corrected chi connectivity index (χ4v) is 5.29. The molecule has 10 heteroatoms. The molecule has 1 aromatic carbocycles. The Morgan fingerprint density at radius 1 is 0.950 bits per heavy atom. The number of benzene rings is 1. The Hall–Kier alpha value is -4.70. The lowest BCUT2D eigenvalue weighted by Gasteiger charge is -2.15. The molecule has 0 spiro atoms. The molecule has 1 aliphatic rings. The molecule has 40 heavy (non-hydrogen) atoms. The van der Waals surface area contributed by atoms with Crippen molar-refractivity contribution in [1.29, 1.82) is 0 Å². The van der Waals surface area contributed by atoms with Gasteiger partial charge in [-0.05, 0) is 74.8 Å². The summed E-state index contributed by atoms with van der Waals surface area (Å²) in [6.45, 7) is 5.55. The molecule has 0 bridgehead atoms. The van der Waals surface area contributed by atoms with E-state index in [1.807, 2.05) is 43.5 Å². The first-order valence-electron chi connectivity index (χ1n) is 13.4. The Morgan fingerprint density at radius 2 is 1.82 bits per heavy atom. The molecule has 2 N–H and O–H groups in total. The van der Waals surface area contributed by atoms with Gasteiger partial charge in [-0.3, -0.25) is 20.0 Å². The average molecular weight is 535 g/mol. The Balaban J connectivity index is 1.24. The first-order chi connectivity index (χ1) is 19.6. The van der Waals surface area contributed by atoms with Crippen LogP contribution in [0.2, 0.25) is 0 Å². The second-order valence-corrected chi connectivity index (χ2v) is 10.1. The predicted octanol–water partition coefficient (Wildman–Crippen LogP) is 5.55. The minimum atomic E-state index is -0.385. The highest BCUT2D eigenvalue weighted by Crippen LogP contribution is 2.32. The number of H-pyrrole nitrogens is 2. The van der Waals surface area contributed by atoms with E-state index < -0.39 is 0 Å². The van der Waals surface area contributed by atoms with Gasteiger partial charge in [-0.1, -0.05) is 0 Å². The van der Waals surface area contributed by atoms with E-state index in [4.69, 9.17) is 14.7 Å². The summed E-state index contributed by atoms with van der Waals surface area (Å²) in [5.41, 5.74) is 7.44. The highest BCUT2D eigenvalue weighted by molar-refractivity contribution is 5.95. The van der Waals surface area contributed by atoms with Crippen molar-refractivity contribution in [2.24, 2.45) is 0 Å². The first kappa shape index (κ1) is 24.3. The third-order valence-corrected chi connectivity index (χ3v) is 7.37. The van der Waals surface area contributed by atoms with Crippen LogP contribution >= 0.6 is 0 Å². The van der Waals surface area contributed by atoms with Gasteiger partial charge in [-0.2, -0.15) is 5.10 Å². The lowest BCUT2D eigenvalue weighted by molar-refractivity contribution is 0.237. The molecule has 6 heterocycles. The van der Waals surface area contributed by atoms with Gasteiger partial charge in [0.25, 0.3) is 0 Å². The van der Waals surface area contributed by atoms with Gasteiger partial charge < -0.3 is 9.72 Å². The van der Waals surface area contributed by atoms with E-state index in [-0.39, 0.29) is 5.82 Å². The Labute approximate surface area is 229 Å². The molecule has 0 radical (unpaired) electrons. The topological polar surface area (TPSA) is 108 Å². The largest absolute Gasteiger partial charge is 0.492 e. The van der Waals surface area contributed by atoms with Crippen LogP contribution in [0.15, 0.2) is 61.1 Å². The number of likely N-dealkylation sites (tertiary alicyclic amines) is 1. The number of rotatable bonds is 7. The summed E-state index contributed by atoms with van der Waals surface area (Å²) in [7, 11) is 0. The molecule has 9 nitrogen and oxygen atoms in total. The zero-order chi connectivity index (χ0) is 27.1. The van der Waals surface area contributed by atoms with E-state index in [0.29, 0.717) is 46.2 Å². The van der Waals surface area contributed by atoms with Crippen LogP contribution in [0.5, 0.6) is 5.75 Å². The van der Waals surface area contributed by atoms with Gasteiger partial charge in [0.05, 0.1) is 22.4 Å². The van der Waals surface area contributed by atoms with Crippen molar-refractivity contribution in [1.82, 2.24) is 40.0 Å². The maximum absolute atomic E-state index is 14.7. The number of pyridine rings is 3. The quantitative estimate of drug-likeness (QED) is 0.277. The Bertz CT molecular complexity index is 1840. The second-order valence-electron chi connectivity index (χ2n) is 10.1. The van der Waals surface area contributed by atoms with E-state index in [0.717, 1.165) is 47.5 Å². The van der Waals surface area contributed by atoms with Crippen LogP contribution in [0, 0.1) is 12.7 Å². The van der Waals surface area contributed by atoms with Crippen molar-refractivity contribution >= 4 is 22.1 Å². The third kappa shape index (κ3) is 4.56. The maximum atomic E-state index is 14.7. The third-order valence-electron chi connectivity index (χ3n) is 7.37. The first-order valence-corrected chi connectivity index (χ1v) is 13.4. The normalized spacial score (nSPS) is 13.9. The highest BCUT2D eigenvalue weighted by atomic mass is 19.1. The standard InChI is InChI=1S/C30H27FN8O/c1-18-6-8-32-17-22(18)23-4-5-25-28(34-23)29(38-37-25)30-35-24-7-9-33-26(27(24)36-30)19-14-20(31)16-21(15-19)40-13-12-39-10-2-3-11-39/h4-9,14-17H,2-3,10-13H2,1H3,(H,35,36)(H,37,38). The van der Waals surface area contributed by atoms with Crippen molar-refractivity contribution in [3.8, 4) is 39.8 Å². The van der Waals surface area contributed by atoms with Crippen molar-refractivity contribution in [2.45, 2.75) is 19.8 Å². The number of aryl methyl sites for hydroxylation is 1. The fraction of sp³-hybridized carbons (Fsp3) is 0.233. The van der Waals surface area contributed by atoms with E-state index in [2.05, 4.69) is 30.0 Å². The molecule has 0 saturated carbocycles. The molecule has 0 atom stereocenters. The minimum Gasteiger partial charge on any atom is -0.492 e. The van der Waals surface area contributed by atoms with Crippen LogP contribution in [-0.2, 0) is 0 Å². The molecule has 0 unspecified atom stereocenters. The van der Waals surface area contributed by atoms with Gasteiger partial charge in [-0.25, -0.2) is 14.4 Å². The van der Waals surface area contributed by atoms with Crippen LogP contribution in [-0.4, -0.2) is 66.3 Å². The summed E-state index contributed by atoms with van der Waals surface area (Å²) in [6, 6.07) is 12.4. The van der Waals surface area contributed by atoms with Gasteiger partial charge >= 0.3 is 0 Å². The molecule has 5 aromatic heterocycles. The Kier molecular flexibility index (Phi) is 6.16. The summed E-state index contributed by atoms with van der Waals surface area (Å²) >= 11 is 0. The molecule has 1 aliphatic heterocycles. The van der Waals surface area contributed by atoms with Crippen LogP contribution in [0.4, 0.5) is 4.39 Å². The fourth-order valence-electron chi connectivity index (χ4n) is 5.29. The SMILES string of the molecule is Cc1ccncc1-c1ccc2[nH]nc(-c3nc4c(-c5cc(F)cc(OCCN6CCCC6)c5)nccc4[nH]3)c2n1. The summed E-state index contributed by atoms with van der Waals surface area (Å²) in [5.74, 6) is 0.634. The number of hydrogen-bond acceptors (Lipinski definition) is 7. The molecule has 0 aliphatic carbocycles. The average Bonchev–Trinajstić information content (AvgIpc) is 3.72. The van der Waals surface area contributed by atoms with E-state index in [1.54, 1.807) is 12.4 Å². The summed E-state index contributed by atoms with van der Waals surface area (Å²) in [6.07, 6.45) is 7.71. The van der Waals surface area contributed by atoms with Crippen molar-refractivity contribution < 1.29 is 9.13 Å². The zero-order valence-electron chi connectivity index (χ0n) is 22.0. The van der Waals surface area contributed by atoms with Gasteiger partial charge in [0, 0.05) is 42.3 Å². The summed E-state index contributed by atoms with van der Waals surface area (Å²) in [5, 5.41) is 7.57. The monoisotopic (exact) mass is 534 g/mol. The summed E-state index contributed by atoms with van der Waals surface area (Å²) in [4.78, 5) is 24.3. The number of hydrogen-bond donors (Lipinski definition) is 2. The number of nitrogens with zero attached hydrogens (tertiary/aromatic N) is 6. The van der Waals surface area contributed by atoms with Crippen molar-refractivity contribution in [3.63, 3.8) is 0 Å². The van der Waals surface area contributed by atoms with Crippen LogP contribution in [0.1, 0.15) is 18.4 Å². The number of aromatic nitrogens is 7. The number of aromatic amines is 2. The van der Waals surface area contributed by atoms with Gasteiger partial charge in [0.1, 0.15) is 29.2 Å². The number of imidazole rings is 1. The van der Waals surface area contributed by atoms with Gasteiger partial charge in [-0.15, -0.1) is 0 Å². The minimum absolute atomic E-state index is 0.385. The van der Waals surface area contributed by atoms with E-state index >= 15 is 0 Å². The maximum Gasteiger partial charge on any atom is 0.161 e. The lowest BCUT2D eigenvalue weighted by Crippen LogP contribution is -2.25. The van der Waals surface area contributed by atoms with E-state index in [1.165, 1.54) is 25.0 Å². The van der Waals surface area contributed by atoms with Crippen LogP contribution < -0.4 is 4.74 Å².